The normalized spacial score (nSPS) is 17.1. The van der Waals surface area contributed by atoms with Gasteiger partial charge in [-0.2, -0.15) is 5.10 Å². The second-order valence-electron chi connectivity index (χ2n) is 7.17. The molecule has 0 amide bonds. The summed E-state index contributed by atoms with van der Waals surface area (Å²) < 4.78 is 3.46. The zero-order chi connectivity index (χ0) is 18.5. The number of benzene rings is 2. The molecule has 0 spiro atoms. The average Bonchev–Trinajstić information content (AvgIpc) is 3.06. The largest absolute Gasteiger partial charge is 0.350 e. The van der Waals surface area contributed by atoms with E-state index in [9.17, 15) is 4.79 Å². The van der Waals surface area contributed by atoms with Crippen molar-refractivity contribution in [1.82, 2.24) is 19.7 Å². The number of hydrogen-bond acceptors (Lipinski definition) is 3. The second-order valence-corrected chi connectivity index (χ2v) is 7.17. The van der Waals surface area contributed by atoms with Gasteiger partial charge < -0.3 is 5.32 Å². The van der Waals surface area contributed by atoms with Gasteiger partial charge in [0, 0.05) is 19.0 Å². The quantitative estimate of drug-likeness (QED) is 0.733. The van der Waals surface area contributed by atoms with Crippen LogP contribution >= 0.6 is 0 Å². The molecule has 140 valence electrons. The van der Waals surface area contributed by atoms with Crippen LogP contribution in [0.1, 0.15) is 36.6 Å². The van der Waals surface area contributed by atoms with E-state index in [4.69, 9.17) is 5.10 Å². The van der Waals surface area contributed by atoms with E-state index in [1.807, 2.05) is 36.4 Å². The Morgan fingerprint density at radius 2 is 1.78 bits per heavy atom. The summed E-state index contributed by atoms with van der Waals surface area (Å²) in [4.78, 5) is 13.1. The summed E-state index contributed by atoms with van der Waals surface area (Å²) in [7, 11) is 0. The van der Waals surface area contributed by atoms with Crippen molar-refractivity contribution in [2.75, 3.05) is 13.1 Å². The predicted molar refractivity (Wildman–Crippen MR) is 107 cm³/mol. The lowest BCUT2D eigenvalue weighted by Gasteiger charge is -2.22. The molecule has 1 aliphatic rings. The van der Waals surface area contributed by atoms with Crippen LogP contribution in [0.15, 0.2) is 65.5 Å². The number of nitrogens with zero attached hydrogens (tertiary/aromatic N) is 3. The van der Waals surface area contributed by atoms with Crippen LogP contribution in [0.4, 0.5) is 0 Å². The molecule has 5 nitrogen and oxygen atoms in total. The van der Waals surface area contributed by atoms with Crippen LogP contribution in [0, 0.1) is 0 Å². The Kier molecular flexibility index (Phi) is 5.49. The van der Waals surface area contributed by atoms with Crippen molar-refractivity contribution in [1.29, 1.82) is 0 Å². The third kappa shape index (κ3) is 4.03. The number of aromatic nitrogens is 3. The molecule has 0 radical (unpaired) electrons. The lowest BCUT2D eigenvalue weighted by atomic mass is 9.99. The molecule has 0 aliphatic carbocycles. The van der Waals surface area contributed by atoms with Gasteiger partial charge in [0.25, 0.3) is 0 Å². The fourth-order valence-corrected chi connectivity index (χ4v) is 3.80. The Hall–Kier alpha value is -2.66. The summed E-state index contributed by atoms with van der Waals surface area (Å²) in [6, 6.07) is 20.3. The molecule has 27 heavy (non-hydrogen) atoms. The molecule has 1 atom stereocenters. The summed E-state index contributed by atoms with van der Waals surface area (Å²) in [5.74, 6) is 1.17. The molecule has 1 N–H and O–H groups in total. The number of para-hydroxylation sites is 1. The fourth-order valence-electron chi connectivity index (χ4n) is 3.80. The minimum absolute atomic E-state index is 0.0326. The number of hydrogen-bond donors (Lipinski definition) is 1. The van der Waals surface area contributed by atoms with Gasteiger partial charge in [-0.1, -0.05) is 48.5 Å². The Labute approximate surface area is 159 Å². The van der Waals surface area contributed by atoms with Crippen molar-refractivity contribution in [3.05, 3.63) is 82.5 Å². The smallest absolute Gasteiger partial charge is 0.316 e. The lowest BCUT2D eigenvalue weighted by Crippen LogP contribution is -2.31. The molecule has 4 rings (SSSR count). The van der Waals surface area contributed by atoms with Crippen LogP contribution < -0.4 is 11.0 Å². The summed E-state index contributed by atoms with van der Waals surface area (Å²) in [6.45, 7) is 2.57. The van der Waals surface area contributed by atoms with E-state index in [0.29, 0.717) is 6.54 Å². The Morgan fingerprint density at radius 3 is 2.48 bits per heavy atom. The Balaban J connectivity index is 1.60. The summed E-state index contributed by atoms with van der Waals surface area (Å²) in [6.07, 6.45) is 4.04. The first-order chi connectivity index (χ1) is 13.3. The molecule has 2 heterocycles. The topological polar surface area (TPSA) is 51.9 Å². The predicted octanol–water partition coefficient (Wildman–Crippen LogP) is 3.13. The van der Waals surface area contributed by atoms with Gasteiger partial charge in [0.1, 0.15) is 5.82 Å². The van der Waals surface area contributed by atoms with Crippen LogP contribution in [0.5, 0.6) is 0 Å². The maximum Gasteiger partial charge on any atom is 0.350 e. The van der Waals surface area contributed by atoms with Gasteiger partial charge in [0.05, 0.1) is 5.69 Å². The number of nitrogens with one attached hydrogen (secondary N) is 1. The highest BCUT2D eigenvalue weighted by molar-refractivity contribution is 5.33. The zero-order valence-corrected chi connectivity index (χ0v) is 15.6. The monoisotopic (exact) mass is 362 g/mol. The molecule has 1 saturated heterocycles. The first-order valence-corrected chi connectivity index (χ1v) is 9.83. The van der Waals surface area contributed by atoms with Crippen molar-refractivity contribution in [3.8, 4) is 5.69 Å². The van der Waals surface area contributed by atoms with Gasteiger partial charge in [-0.3, -0.25) is 0 Å². The van der Waals surface area contributed by atoms with Crippen LogP contribution in [0.2, 0.25) is 0 Å². The molecule has 0 saturated carbocycles. The van der Waals surface area contributed by atoms with Gasteiger partial charge >= 0.3 is 5.69 Å². The molecular weight excluding hydrogens is 336 g/mol. The molecule has 1 fully saturated rings. The van der Waals surface area contributed by atoms with E-state index in [2.05, 4.69) is 29.6 Å². The minimum atomic E-state index is -0.0326. The molecular formula is C22H26N4O. The molecule has 3 aromatic rings. The summed E-state index contributed by atoms with van der Waals surface area (Å²) in [5, 5.41) is 8.21. The number of aryl methyl sites for hydroxylation is 2. The average molecular weight is 362 g/mol. The van der Waals surface area contributed by atoms with Crippen molar-refractivity contribution in [2.24, 2.45) is 0 Å². The van der Waals surface area contributed by atoms with Crippen molar-refractivity contribution >= 4 is 0 Å². The van der Waals surface area contributed by atoms with E-state index in [1.54, 1.807) is 9.25 Å². The van der Waals surface area contributed by atoms with Crippen molar-refractivity contribution < 1.29 is 0 Å². The van der Waals surface area contributed by atoms with E-state index < -0.39 is 0 Å². The highest BCUT2D eigenvalue weighted by Crippen LogP contribution is 2.23. The third-order valence-corrected chi connectivity index (χ3v) is 5.22. The third-order valence-electron chi connectivity index (χ3n) is 5.22. The first kappa shape index (κ1) is 17.7. The molecule has 5 heteroatoms. The second kappa shape index (κ2) is 8.35. The van der Waals surface area contributed by atoms with Crippen molar-refractivity contribution in [2.45, 2.75) is 38.1 Å². The standard InChI is InChI=1S/C22H26N4O/c27-22-25(16-8-11-18-9-3-1-4-10-18)24-21(19-12-7-15-23-17-19)26(22)20-13-5-2-6-14-20/h1-6,9-10,13-14,19,23H,7-8,11-12,15-17H2. The van der Waals surface area contributed by atoms with Crippen LogP contribution in [-0.2, 0) is 13.0 Å². The van der Waals surface area contributed by atoms with Gasteiger partial charge in [0.2, 0.25) is 0 Å². The van der Waals surface area contributed by atoms with Crippen LogP contribution in [0.3, 0.4) is 0 Å². The zero-order valence-electron chi connectivity index (χ0n) is 15.6. The van der Waals surface area contributed by atoms with Gasteiger partial charge in [-0.05, 0) is 49.9 Å². The van der Waals surface area contributed by atoms with Crippen LogP contribution in [0.25, 0.3) is 5.69 Å². The Bertz CT molecular complexity index is 908. The Morgan fingerprint density at radius 1 is 1.04 bits per heavy atom. The van der Waals surface area contributed by atoms with Gasteiger partial charge in [0.15, 0.2) is 0 Å². The number of piperidine rings is 1. The molecule has 1 aromatic heterocycles. The molecule has 1 aliphatic heterocycles. The van der Waals surface area contributed by atoms with E-state index in [-0.39, 0.29) is 11.6 Å². The summed E-state index contributed by atoms with van der Waals surface area (Å²) in [5.41, 5.74) is 2.16. The van der Waals surface area contributed by atoms with Gasteiger partial charge in [-0.15, -0.1) is 0 Å². The molecule has 0 bridgehead atoms. The summed E-state index contributed by atoms with van der Waals surface area (Å²) >= 11 is 0. The fraction of sp³-hybridized carbons (Fsp3) is 0.364. The maximum absolute atomic E-state index is 13.1. The highest BCUT2D eigenvalue weighted by atomic mass is 16.2. The first-order valence-electron chi connectivity index (χ1n) is 9.83. The van der Waals surface area contributed by atoms with E-state index >= 15 is 0 Å². The SMILES string of the molecule is O=c1n(CCCc2ccccc2)nc(C2CCCNC2)n1-c1ccccc1. The maximum atomic E-state index is 13.1. The molecule has 2 aromatic carbocycles. The lowest BCUT2D eigenvalue weighted by molar-refractivity contribution is 0.438. The van der Waals surface area contributed by atoms with Crippen LogP contribution in [-0.4, -0.2) is 27.4 Å². The van der Waals surface area contributed by atoms with E-state index in [1.165, 1.54) is 5.56 Å². The van der Waals surface area contributed by atoms with E-state index in [0.717, 1.165) is 50.3 Å². The van der Waals surface area contributed by atoms with Gasteiger partial charge in [-0.25, -0.2) is 14.0 Å². The molecule has 1 unspecified atom stereocenters. The highest BCUT2D eigenvalue weighted by Gasteiger charge is 2.24. The van der Waals surface area contributed by atoms with Crippen molar-refractivity contribution in [3.63, 3.8) is 0 Å². The minimum Gasteiger partial charge on any atom is -0.316 e. The number of rotatable bonds is 6.